The molecule has 0 atom stereocenters. The number of ether oxygens (including phenoxy) is 3. The number of aromatic nitrogens is 2. The molecule has 4 fully saturated rings. The molecule has 7 rings (SSSR count). The van der Waals surface area contributed by atoms with Gasteiger partial charge >= 0.3 is 11.9 Å². The van der Waals surface area contributed by atoms with Gasteiger partial charge in [0.2, 0.25) is 0 Å². The van der Waals surface area contributed by atoms with E-state index < -0.39 is 11.9 Å². The number of aromatic hydroxyl groups is 1. The minimum Gasteiger partial charge on any atom is -0.504 e. The number of carbonyl (C=O) groups is 2. The smallest absolute Gasteiger partial charge is 0.357 e. The Morgan fingerprint density at radius 1 is 0.921 bits per heavy atom. The van der Waals surface area contributed by atoms with Gasteiger partial charge in [0, 0.05) is 11.1 Å². The molecule has 1 N–H and O–H groups in total. The summed E-state index contributed by atoms with van der Waals surface area (Å²) in [6.07, 6.45) is 6.92. The molecule has 0 amide bonds. The Hall–Kier alpha value is -3.81. The zero-order valence-electron chi connectivity index (χ0n) is 21.9. The molecule has 4 saturated carbocycles. The SMILES string of the molecule is COC(=O)c1c(-c2cc(OC)c(O)c(C34CC5CC(CC(C5)C3)C4)c2)nn(-c2ccccc2)c1C(=O)OC. The number of hydrogen-bond acceptors (Lipinski definition) is 7. The Morgan fingerprint density at radius 2 is 1.53 bits per heavy atom. The molecule has 38 heavy (non-hydrogen) atoms. The molecule has 2 aromatic carbocycles. The van der Waals surface area contributed by atoms with Gasteiger partial charge < -0.3 is 19.3 Å². The van der Waals surface area contributed by atoms with Crippen LogP contribution in [0.5, 0.6) is 11.5 Å². The molecule has 0 saturated heterocycles. The van der Waals surface area contributed by atoms with Gasteiger partial charge in [-0.15, -0.1) is 0 Å². The number of rotatable bonds is 6. The van der Waals surface area contributed by atoms with Crippen molar-refractivity contribution < 1.29 is 28.9 Å². The molecule has 3 aromatic rings. The summed E-state index contributed by atoms with van der Waals surface area (Å²) in [6, 6.07) is 12.7. The lowest BCUT2D eigenvalue weighted by Crippen LogP contribution is -2.48. The van der Waals surface area contributed by atoms with Crippen LogP contribution in [0, 0.1) is 17.8 Å². The van der Waals surface area contributed by atoms with Crippen LogP contribution in [0.4, 0.5) is 0 Å². The van der Waals surface area contributed by atoms with Crippen molar-refractivity contribution in [3.8, 4) is 28.4 Å². The lowest BCUT2D eigenvalue weighted by molar-refractivity contribution is -0.00624. The van der Waals surface area contributed by atoms with Gasteiger partial charge in [0.1, 0.15) is 11.3 Å². The molecular formula is C30H32N2O6. The maximum atomic E-state index is 13.2. The van der Waals surface area contributed by atoms with Crippen molar-refractivity contribution in [3.05, 3.63) is 59.3 Å². The monoisotopic (exact) mass is 516 g/mol. The third kappa shape index (κ3) is 3.77. The number of para-hydroxylation sites is 1. The molecule has 0 aliphatic heterocycles. The predicted octanol–water partition coefficient (Wildman–Crippen LogP) is 5.29. The third-order valence-corrected chi connectivity index (χ3v) is 8.83. The number of benzene rings is 2. The van der Waals surface area contributed by atoms with E-state index in [0.29, 0.717) is 34.8 Å². The summed E-state index contributed by atoms with van der Waals surface area (Å²) < 4.78 is 17.2. The van der Waals surface area contributed by atoms with Crippen LogP contribution in [0.15, 0.2) is 42.5 Å². The highest BCUT2D eigenvalue weighted by atomic mass is 16.5. The first-order valence-corrected chi connectivity index (χ1v) is 13.1. The molecule has 8 nitrogen and oxygen atoms in total. The van der Waals surface area contributed by atoms with E-state index in [-0.39, 0.29) is 28.1 Å². The number of nitrogens with zero attached hydrogens (tertiary/aromatic N) is 2. The average molecular weight is 517 g/mol. The largest absolute Gasteiger partial charge is 0.504 e. The van der Waals surface area contributed by atoms with Gasteiger partial charge in [-0.05, 0) is 86.0 Å². The van der Waals surface area contributed by atoms with Gasteiger partial charge in [-0.25, -0.2) is 14.3 Å². The van der Waals surface area contributed by atoms with Crippen molar-refractivity contribution in [2.75, 3.05) is 21.3 Å². The highest BCUT2D eigenvalue weighted by Gasteiger charge is 2.53. The topological polar surface area (TPSA) is 99.9 Å². The first-order valence-electron chi connectivity index (χ1n) is 13.1. The molecular weight excluding hydrogens is 484 g/mol. The van der Waals surface area contributed by atoms with E-state index in [9.17, 15) is 14.7 Å². The molecule has 0 radical (unpaired) electrons. The lowest BCUT2D eigenvalue weighted by Gasteiger charge is -2.57. The first-order chi connectivity index (χ1) is 18.4. The summed E-state index contributed by atoms with van der Waals surface area (Å²) in [5, 5.41) is 16.2. The standard InChI is InChI=1S/C30H32N2O6/c1-36-23-13-20(12-22(27(23)33)30-14-17-9-18(15-30)11-19(10-17)16-30)25-24(28(34)37-2)26(29(35)38-3)32(31-25)21-7-5-4-6-8-21/h4-8,12-13,17-19,33H,9-11,14-16H2,1-3H3. The summed E-state index contributed by atoms with van der Waals surface area (Å²) in [5.41, 5.74) is 2.13. The number of phenolic OH excluding ortho intramolecular Hbond substituents is 1. The quantitative estimate of drug-likeness (QED) is 0.444. The molecule has 4 aliphatic rings. The Bertz CT molecular complexity index is 1370. The fraction of sp³-hybridized carbons (Fsp3) is 0.433. The van der Waals surface area contributed by atoms with Crippen LogP contribution in [0.2, 0.25) is 0 Å². The molecule has 198 valence electrons. The normalized spacial score (nSPS) is 25.3. The molecule has 8 heteroatoms. The number of esters is 2. The third-order valence-electron chi connectivity index (χ3n) is 8.83. The van der Waals surface area contributed by atoms with Crippen LogP contribution in [-0.4, -0.2) is 48.2 Å². The summed E-state index contributed by atoms with van der Waals surface area (Å²) in [4.78, 5) is 26.2. The van der Waals surface area contributed by atoms with Crippen molar-refractivity contribution in [1.82, 2.24) is 9.78 Å². The van der Waals surface area contributed by atoms with E-state index >= 15 is 0 Å². The highest BCUT2D eigenvalue weighted by molar-refractivity contribution is 6.07. The summed E-state index contributed by atoms with van der Waals surface area (Å²) in [5.74, 6) is 1.06. The second kappa shape index (κ2) is 9.19. The molecule has 4 bridgehead atoms. The van der Waals surface area contributed by atoms with Crippen molar-refractivity contribution in [2.24, 2.45) is 17.8 Å². The van der Waals surface area contributed by atoms with E-state index in [1.807, 2.05) is 24.3 Å². The first kappa shape index (κ1) is 24.5. The van der Waals surface area contributed by atoms with Gasteiger partial charge in [0.25, 0.3) is 0 Å². The minimum atomic E-state index is -0.708. The van der Waals surface area contributed by atoms with Crippen LogP contribution in [-0.2, 0) is 14.9 Å². The van der Waals surface area contributed by atoms with E-state index in [0.717, 1.165) is 24.8 Å². The van der Waals surface area contributed by atoms with Crippen molar-refractivity contribution in [2.45, 2.75) is 43.9 Å². The van der Waals surface area contributed by atoms with Crippen molar-refractivity contribution in [3.63, 3.8) is 0 Å². The van der Waals surface area contributed by atoms with Gasteiger partial charge in [-0.1, -0.05) is 18.2 Å². The highest BCUT2D eigenvalue weighted by Crippen LogP contribution is 2.62. The van der Waals surface area contributed by atoms with Gasteiger partial charge in [-0.3, -0.25) is 0 Å². The average Bonchev–Trinajstić information content (AvgIpc) is 3.32. The van der Waals surface area contributed by atoms with Gasteiger partial charge in [0.05, 0.1) is 27.0 Å². The summed E-state index contributed by atoms with van der Waals surface area (Å²) in [6.45, 7) is 0. The second-order valence-electron chi connectivity index (χ2n) is 11.1. The zero-order valence-corrected chi connectivity index (χ0v) is 21.9. The Kier molecular flexibility index (Phi) is 5.93. The van der Waals surface area contributed by atoms with Crippen molar-refractivity contribution >= 4 is 11.9 Å². The van der Waals surface area contributed by atoms with Crippen LogP contribution >= 0.6 is 0 Å². The fourth-order valence-corrected chi connectivity index (χ4v) is 7.70. The van der Waals surface area contributed by atoms with Gasteiger partial charge in [-0.2, -0.15) is 5.10 Å². The van der Waals surface area contributed by atoms with E-state index in [1.54, 1.807) is 18.2 Å². The molecule has 1 aromatic heterocycles. The Labute approximate surface area is 221 Å². The predicted molar refractivity (Wildman–Crippen MR) is 140 cm³/mol. The van der Waals surface area contributed by atoms with Crippen LogP contribution in [0.3, 0.4) is 0 Å². The molecule has 0 unspecified atom stereocenters. The summed E-state index contributed by atoms with van der Waals surface area (Å²) in [7, 11) is 4.05. The lowest BCUT2D eigenvalue weighted by atomic mass is 9.48. The number of hydrogen-bond donors (Lipinski definition) is 1. The van der Waals surface area contributed by atoms with Crippen LogP contribution in [0.1, 0.15) is 64.9 Å². The number of phenols is 1. The van der Waals surface area contributed by atoms with Crippen LogP contribution < -0.4 is 4.74 Å². The zero-order chi connectivity index (χ0) is 26.6. The number of carbonyl (C=O) groups excluding carboxylic acids is 2. The maximum absolute atomic E-state index is 13.2. The minimum absolute atomic E-state index is 0.00686. The van der Waals surface area contributed by atoms with Crippen LogP contribution in [0.25, 0.3) is 16.9 Å². The molecule has 1 heterocycles. The molecule has 4 aliphatic carbocycles. The summed E-state index contributed by atoms with van der Waals surface area (Å²) >= 11 is 0. The van der Waals surface area contributed by atoms with Crippen molar-refractivity contribution in [1.29, 1.82) is 0 Å². The second-order valence-corrected chi connectivity index (χ2v) is 11.1. The van der Waals surface area contributed by atoms with E-state index in [2.05, 4.69) is 0 Å². The van der Waals surface area contributed by atoms with E-state index in [1.165, 1.54) is 45.3 Å². The Morgan fingerprint density at radius 3 is 2.08 bits per heavy atom. The van der Waals surface area contributed by atoms with E-state index in [4.69, 9.17) is 19.3 Å². The number of methoxy groups -OCH3 is 3. The molecule has 0 spiro atoms. The fourth-order valence-electron chi connectivity index (χ4n) is 7.70. The Balaban J connectivity index is 1.59. The maximum Gasteiger partial charge on any atom is 0.357 e. The van der Waals surface area contributed by atoms with Gasteiger partial charge in [0.15, 0.2) is 17.2 Å².